The fraction of sp³-hybridized carbons (Fsp3) is 0.917. The molecule has 0 aromatic carbocycles. The highest BCUT2D eigenvalue weighted by atomic mass is 16.1. The number of nitrogens with zero attached hydrogens (tertiary/aromatic N) is 1. The molecular weight excluding hydrogens is 202 g/mol. The molecule has 0 aromatic rings. The summed E-state index contributed by atoms with van der Waals surface area (Å²) in [5, 5.41) is 6.15. The molecule has 0 aromatic heterocycles. The molecule has 1 aliphatic rings. The van der Waals surface area contributed by atoms with Gasteiger partial charge in [0.25, 0.3) is 0 Å². The van der Waals surface area contributed by atoms with Gasteiger partial charge in [0.15, 0.2) is 0 Å². The average Bonchev–Trinajstić information content (AvgIpc) is 2.27. The number of nitrogens with one attached hydrogen (secondary N) is 2. The fourth-order valence-electron chi connectivity index (χ4n) is 2.42. The first-order chi connectivity index (χ1) is 7.54. The van der Waals surface area contributed by atoms with Crippen LogP contribution in [0.5, 0.6) is 0 Å². The van der Waals surface area contributed by atoms with Gasteiger partial charge in [0, 0.05) is 31.6 Å². The molecule has 1 amide bonds. The highest BCUT2D eigenvalue weighted by Crippen LogP contribution is 2.15. The van der Waals surface area contributed by atoms with Gasteiger partial charge < -0.3 is 15.5 Å². The van der Waals surface area contributed by atoms with Crippen LogP contribution >= 0.6 is 0 Å². The first kappa shape index (κ1) is 13.5. The van der Waals surface area contributed by atoms with Crippen molar-refractivity contribution in [2.75, 3.05) is 27.2 Å². The molecule has 2 N–H and O–H groups in total. The molecule has 1 heterocycles. The third kappa shape index (κ3) is 3.76. The molecule has 3 atom stereocenters. The van der Waals surface area contributed by atoms with E-state index in [1.54, 1.807) is 7.05 Å². The Labute approximate surface area is 98.8 Å². The molecule has 1 fully saturated rings. The third-order valence-corrected chi connectivity index (χ3v) is 3.48. The standard InChI is InChI=1S/C12H25N3O/c1-9(12(16)13-3)8-15(4)11-5-6-14-10(2)7-11/h9-11,14H,5-8H2,1-4H3,(H,13,16). The van der Waals surface area contributed by atoms with Crippen molar-refractivity contribution in [1.82, 2.24) is 15.5 Å². The molecular formula is C12H25N3O. The number of hydrogen-bond acceptors (Lipinski definition) is 3. The van der Waals surface area contributed by atoms with Gasteiger partial charge in [-0.25, -0.2) is 0 Å². The van der Waals surface area contributed by atoms with Crippen LogP contribution < -0.4 is 10.6 Å². The van der Waals surface area contributed by atoms with Crippen molar-refractivity contribution >= 4 is 5.91 Å². The molecule has 4 nitrogen and oxygen atoms in total. The van der Waals surface area contributed by atoms with E-state index in [9.17, 15) is 4.79 Å². The first-order valence-electron chi connectivity index (χ1n) is 6.19. The number of piperidine rings is 1. The average molecular weight is 227 g/mol. The van der Waals surface area contributed by atoms with Crippen LogP contribution in [0.3, 0.4) is 0 Å². The molecule has 1 saturated heterocycles. The van der Waals surface area contributed by atoms with Crippen molar-refractivity contribution < 1.29 is 4.79 Å². The molecule has 0 bridgehead atoms. The second-order valence-electron chi connectivity index (χ2n) is 4.99. The molecule has 1 rings (SSSR count). The summed E-state index contributed by atoms with van der Waals surface area (Å²) in [5.74, 6) is 0.203. The Morgan fingerprint density at radius 3 is 2.88 bits per heavy atom. The summed E-state index contributed by atoms with van der Waals surface area (Å²) < 4.78 is 0. The topological polar surface area (TPSA) is 44.4 Å². The van der Waals surface area contributed by atoms with Gasteiger partial charge in [0.05, 0.1) is 0 Å². The van der Waals surface area contributed by atoms with Gasteiger partial charge in [0.1, 0.15) is 0 Å². The first-order valence-corrected chi connectivity index (χ1v) is 6.19. The van der Waals surface area contributed by atoms with Gasteiger partial charge in [-0.2, -0.15) is 0 Å². The summed E-state index contributed by atoms with van der Waals surface area (Å²) >= 11 is 0. The molecule has 1 aliphatic heterocycles. The van der Waals surface area contributed by atoms with E-state index in [1.165, 1.54) is 12.8 Å². The molecule has 4 heteroatoms. The maximum Gasteiger partial charge on any atom is 0.223 e. The van der Waals surface area contributed by atoms with E-state index in [0.717, 1.165) is 13.1 Å². The van der Waals surface area contributed by atoms with Crippen LogP contribution in [-0.4, -0.2) is 50.1 Å². The number of carbonyl (C=O) groups excluding carboxylic acids is 1. The minimum atomic E-state index is 0.0696. The lowest BCUT2D eigenvalue weighted by molar-refractivity contribution is -0.124. The Morgan fingerprint density at radius 1 is 1.62 bits per heavy atom. The van der Waals surface area contributed by atoms with Crippen LogP contribution in [0, 0.1) is 5.92 Å². The maximum absolute atomic E-state index is 11.4. The highest BCUT2D eigenvalue weighted by Gasteiger charge is 2.24. The van der Waals surface area contributed by atoms with E-state index in [1.807, 2.05) is 6.92 Å². The lowest BCUT2D eigenvalue weighted by Gasteiger charge is -2.35. The molecule has 16 heavy (non-hydrogen) atoms. The Hall–Kier alpha value is -0.610. The SMILES string of the molecule is CNC(=O)C(C)CN(C)C1CCNC(C)C1. The monoisotopic (exact) mass is 227 g/mol. The number of rotatable bonds is 4. The summed E-state index contributed by atoms with van der Waals surface area (Å²) in [7, 11) is 3.83. The summed E-state index contributed by atoms with van der Waals surface area (Å²) in [6.45, 7) is 6.14. The Kier molecular flexibility index (Phi) is 5.22. The minimum Gasteiger partial charge on any atom is -0.359 e. The lowest BCUT2D eigenvalue weighted by Crippen LogP contribution is -2.47. The van der Waals surface area contributed by atoms with Crippen molar-refractivity contribution in [3.8, 4) is 0 Å². The predicted molar refractivity (Wildman–Crippen MR) is 66.3 cm³/mol. The summed E-state index contributed by atoms with van der Waals surface area (Å²) in [5.41, 5.74) is 0. The van der Waals surface area contributed by atoms with Crippen molar-refractivity contribution in [1.29, 1.82) is 0 Å². The summed E-state index contributed by atoms with van der Waals surface area (Å²) in [4.78, 5) is 13.8. The van der Waals surface area contributed by atoms with Gasteiger partial charge >= 0.3 is 0 Å². The second kappa shape index (κ2) is 6.21. The van der Waals surface area contributed by atoms with Crippen LogP contribution in [0.1, 0.15) is 26.7 Å². The summed E-state index contributed by atoms with van der Waals surface area (Å²) in [6, 6.07) is 1.21. The Bertz CT molecular complexity index is 232. The van der Waals surface area contributed by atoms with Gasteiger partial charge in [-0.3, -0.25) is 4.79 Å². The van der Waals surface area contributed by atoms with E-state index in [2.05, 4.69) is 29.5 Å². The van der Waals surface area contributed by atoms with Crippen LogP contribution in [-0.2, 0) is 4.79 Å². The molecule has 0 saturated carbocycles. The molecule has 0 radical (unpaired) electrons. The molecule has 0 aliphatic carbocycles. The summed E-state index contributed by atoms with van der Waals surface area (Å²) in [6.07, 6.45) is 2.36. The van der Waals surface area contributed by atoms with Crippen LogP contribution in [0.2, 0.25) is 0 Å². The van der Waals surface area contributed by atoms with E-state index < -0.39 is 0 Å². The van der Waals surface area contributed by atoms with E-state index in [-0.39, 0.29) is 11.8 Å². The van der Waals surface area contributed by atoms with Crippen molar-refractivity contribution in [3.05, 3.63) is 0 Å². The van der Waals surface area contributed by atoms with Gasteiger partial charge in [0.2, 0.25) is 5.91 Å². The van der Waals surface area contributed by atoms with Gasteiger partial charge in [-0.05, 0) is 33.4 Å². The zero-order valence-corrected chi connectivity index (χ0v) is 10.9. The van der Waals surface area contributed by atoms with Crippen LogP contribution in [0.15, 0.2) is 0 Å². The Morgan fingerprint density at radius 2 is 2.31 bits per heavy atom. The van der Waals surface area contributed by atoms with E-state index in [4.69, 9.17) is 0 Å². The van der Waals surface area contributed by atoms with Crippen molar-refractivity contribution in [2.24, 2.45) is 5.92 Å². The second-order valence-corrected chi connectivity index (χ2v) is 4.99. The normalized spacial score (nSPS) is 27.8. The lowest BCUT2D eigenvalue weighted by atomic mass is 9.98. The van der Waals surface area contributed by atoms with Crippen LogP contribution in [0.4, 0.5) is 0 Å². The van der Waals surface area contributed by atoms with E-state index >= 15 is 0 Å². The van der Waals surface area contributed by atoms with Crippen molar-refractivity contribution in [3.63, 3.8) is 0 Å². The predicted octanol–water partition coefficient (Wildman–Crippen LogP) is 0.441. The number of carbonyl (C=O) groups is 1. The minimum absolute atomic E-state index is 0.0696. The smallest absolute Gasteiger partial charge is 0.223 e. The largest absolute Gasteiger partial charge is 0.359 e. The quantitative estimate of drug-likeness (QED) is 0.732. The zero-order chi connectivity index (χ0) is 12.1. The van der Waals surface area contributed by atoms with Crippen molar-refractivity contribution in [2.45, 2.75) is 38.8 Å². The number of amides is 1. The highest BCUT2D eigenvalue weighted by molar-refractivity contribution is 5.78. The number of hydrogen-bond donors (Lipinski definition) is 2. The molecule has 3 unspecified atom stereocenters. The third-order valence-electron chi connectivity index (χ3n) is 3.48. The molecule has 0 spiro atoms. The Balaban J connectivity index is 2.38. The van der Waals surface area contributed by atoms with Crippen LogP contribution in [0.25, 0.3) is 0 Å². The maximum atomic E-state index is 11.4. The zero-order valence-electron chi connectivity index (χ0n) is 10.9. The van der Waals surface area contributed by atoms with E-state index in [0.29, 0.717) is 12.1 Å². The molecule has 94 valence electrons. The fourth-order valence-corrected chi connectivity index (χ4v) is 2.42. The van der Waals surface area contributed by atoms with Gasteiger partial charge in [-0.1, -0.05) is 6.92 Å². The van der Waals surface area contributed by atoms with Gasteiger partial charge in [-0.15, -0.1) is 0 Å².